The third kappa shape index (κ3) is 3.50. The van der Waals surface area contributed by atoms with Crippen molar-refractivity contribution in [1.82, 2.24) is 5.32 Å². The van der Waals surface area contributed by atoms with Crippen molar-refractivity contribution in [3.05, 3.63) is 72.4 Å². The number of carbonyl (C=O) groups is 1. The van der Waals surface area contributed by atoms with Crippen LogP contribution in [0.25, 0.3) is 0 Å². The summed E-state index contributed by atoms with van der Waals surface area (Å²) in [5, 5.41) is 9.20. The summed E-state index contributed by atoms with van der Waals surface area (Å²) in [6.07, 6.45) is 0. The lowest BCUT2D eigenvalue weighted by molar-refractivity contribution is 0.0941. The first-order valence-electron chi connectivity index (χ1n) is 10.8. The van der Waals surface area contributed by atoms with Gasteiger partial charge in [0.05, 0.1) is 24.2 Å². The van der Waals surface area contributed by atoms with E-state index in [0.29, 0.717) is 33.4 Å². The van der Waals surface area contributed by atoms with Crippen molar-refractivity contribution in [2.24, 2.45) is 5.41 Å². The summed E-state index contributed by atoms with van der Waals surface area (Å²) in [4.78, 5) is 37.7. The van der Waals surface area contributed by atoms with Crippen molar-refractivity contribution >= 4 is 34.6 Å². The Labute approximate surface area is 192 Å². The summed E-state index contributed by atoms with van der Waals surface area (Å²) in [6, 6.07) is 5.11. The summed E-state index contributed by atoms with van der Waals surface area (Å²) in [7, 11) is 0. The van der Waals surface area contributed by atoms with E-state index >= 15 is 0 Å². The summed E-state index contributed by atoms with van der Waals surface area (Å²) in [5.74, 6) is 0.616. The van der Waals surface area contributed by atoms with E-state index in [4.69, 9.17) is 17.4 Å². The van der Waals surface area contributed by atoms with Crippen molar-refractivity contribution in [1.29, 1.82) is 0 Å². The van der Waals surface area contributed by atoms with E-state index in [0.717, 1.165) is 0 Å². The molecule has 1 unspecified atom stereocenters. The number of aryl methyl sites for hydroxylation is 1. The molecule has 0 fully saturated rings. The monoisotopic (exact) mass is 456 g/mol. The second-order valence-electron chi connectivity index (χ2n) is 9.62. The third-order valence-corrected chi connectivity index (χ3v) is 5.90. The lowest BCUT2D eigenvalue weighted by Gasteiger charge is -2.31. The number of halogens is 1. The first-order chi connectivity index (χ1) is 15.2. The van der Waals surface area contributed by atoms with Gasteiger partial charge in [-0.1, -0.05) is 32.4 Å². The lowest BCUT2D eigenvalue weighted by Crippen LogP contribution is -2.39. The van der Waals surface area contributed by atoms with E-state index in [9.17, 15) is 14.4 Å². The van der Waals surface area contributed by atoms with Crippen LogP contribution in [0.1, 0.15) is 69.4 Å². The van der Waals surface area contributed by atoms with Crippen LogP contribution in [0.15, 0.2) is 38.3 Å². The fourth-order valence-corrected chi connectivity index (χ4v) is 4.41. The second kappa shape index (κ2) is 7.24. The van der Waals surface area contributed by atoms with Crippen molar-refractivity contribution in [2.45, 2.75) is 53.1 Å². The minimum absolute atomic E-state index is 0.00817. The van der Waals surface area contributed by atoms with Crippen molar-refractivity contribution in [3.63, 3.8) is 0 Å². The van der Waals surface area contributed by atoms with Crippen LogP contribution in [0.3, 0.4) is 0 Å². The van der Waals surface area contributed by atoms with Gasteiger partial charge in [0, 0.05) is 10.6 Å². The Morgan fingerprint density at radius 2 is 1.75 bits per heavy atom. The predicted octanol–water partition coefficient (Wildman–Crippen LogP) is 4.76. The van der Waals surface area contributed by atoms with Gasteiger partial charge in [-0.15, -0.1) is 0 Å². The molecule has 3 aromatic rings. The molecule has 2 heterocycles. The molecule has 32 heavy (non-hydrogen) atoms. The number of carbonyl (C=O) groups excluding carboxylic acids is 1. The van der Waals surface area contributed by atoms with Crippen LogP contribution in [0.2, 0.25) is 5.02 Å². The van der Waals surface area contributed by atoms with Crippen LogP contribution in [-0.2, 0) is 5.54 Å². The molecule has 1 aliphatic rings. The maximum atomic E-state index is 12.7. The molecule has 168 valence electrons. The van der Waals surface area contributed by atoms with Crippen LogP contribution in [-0.4, -0.2) is 5.91 Å². The van der Waals surface area contributed by atoms with Gasteiger partial charge < -0.3 is 20.4 Å². The summed E-state index contributed by atoms with van der Waals surface area (Å²) < 4.78 is 14.9. The first-order valence-corrected chi connectivity index (χ1v) is 10.7. The van der Waals surface area contributed by atoms with E-state index in [-0.39, 0.29) is 17.3 Å². The van der Waals surface area contributed by atoms with Gasteiger partial charge in [0.25, 0.3) is 16.8 Å². The fraction of sp³-hybridized carbons (Fsp3) is 0.375. The molecule has 1 aliphatic heterocycles. The first kappa shape index (κ1) is 20.8. The van der Waals surface area contributed by atoms with Crippen molar-refractivity contribution in [3.8, 4) is 0 Å². The maximum Gasteiger partial charge on any atom is 0.254 e. The van der Waals surface area contributed by atoms with Crippen molar-refractivity contribution < 1.29 is 10.6 Å². The summed E-state index contributed by atoms with van der Waals surface area (Å²) in [5.41, 5.74) is -1.61. The number of benzene rings is 1. The zero-order chi connectivity index (χ0) is 24.5. The van der Waals surface area contributed by atoms with Gasteiger partial charge in [-0.3, -0.25) is 14.4 Å². The smallest absolute Gasteiger partial charge is 0.254 e. The molecule has 1 atom stereocenters. The summed E-state index contributed by atoms with van der Waals surface area (Å²) >= 11 is 6.36. The minimum Gasteiger partial charge on any atom is -0.464 e. The molecule has 0 radical (unpaired) electrons. The Hall–Kier alpha value is -3.06. The molecule has 0 aliphatic carbocycles. The highest BCUT2D eigenvalue weighted by atomic mass is 35.5. The second-order valence-corrected chi connectivity index (χ2v) is 10.0. The number of anilines is 3. The van der Waals surface area contributed by atoms with Crippen LogP contribution in [0.5, 0.6) is 0 Å². The van der Waals surface area contributed by atoms with Gasteiger partial charge in [-0.05, 0) is 50.5 Å². The van der Waals surface area contributed by atoms with Gasteiger partial charge in [0.1, 0.15) is 22.9 Å². The average Bonchev–Trinajstić information content (AvgIpc) is 3.25. The van der Waals surface area contributed by atoms with Gasteiger partial charge in [0.15, 0.2) is 0 Å². The highest BCUT2D eigenvalue weighted by molar-refractivity contribution is 6.32. The molecule has 0 saturated heterocycles. The zero-order valence-corrected chi connectivity index (χ0v) is 19.6. The summed E-state index contributed by atoms with van der Waals surface area (Å²) in [6.45, 7) is 10.9. The molecule has 2 aromatic carbocycles. The number of fused-ring (bicyclic) bond motifs is 1. The number of nitrogens with one attached hydrogen (secondary N) is 3. The Balaban J connectivity index is 1.78. The SMILES string of the molecule is [2H]C(Nc1c(Nc2ccc(Cl)c3c2C(=O)NC3(C)C)c(=O)c1=O)(c1ccc(C)o1)C(C)(C)C. The Morgan fingerprint density at radius 3 is 2.34 bits per heavy atom. The highest BCUT2D eigenvalue weighted by Gasteiger charge is 2.40. The van der Waals surface area contributed by atoms with E-state index in [1.54, 1.807) is 31.2 Å². The standard InChI is InChI=1S/C24H26ClN3O4/c1-11-7-10-14(32-11)21(23(2,3)4)27-18-17(19(29)20(18)30)26-13-9-8-12(25)16-15(13)22(31)28-24(16,5)6/h7-10,21,26-27H,1-6H3,(H,28,31)/i21D. The number of hydrogen-bond donors (Lipinski definition) is 3. The van der Waals surface area contributed by atoms with Crippen LogP contribution in [0, 0.1) is 12.3 Å². The van der Waals surface area contributed by atoms with E-state index in [1.807, 2.05) is 34.6 Å². The Morgan fingerprint density at radius 1 is 1.09 bits per heavy atom. The molecular weight excluding hydrogens is 430 g/mol. The van der Waals surface area contributed by atoms with E-state index < -0.39 is 27.8 Å². The third-order valence-electron chi connectivity index (χ3n) is 5.59. The van der Waals surface area contributed by atoms with E-state index in [1.165, 1.54) is 0 Å². The van der Waals surface area contributed by atoms with E-state index in [2.05, 4.69) is 16.0 Å². The Kier molecular flexibility index (Phi) is 4.71. The minimum atomic E-state index is -1.54. The normalized spacial score (nSPS) is 17.5. The molecule has 8 heteroatoms. The molecule has 0 bridgehead atoms. The van der Waals surface area contributed by atoms with Crippen LogP contribution >= 0.6 is 11.6 Å². The molecule has 3 N–H and O–H groups in total. The molecule has 7 nitrogen and oxygen atoms in total. The molecule has 4 rings (SSSR count). The highest BCUT2D eigenvalue weighted by Crippen LogP contribution is 2.42. The number of hydrogen-bond acceptors (Lipinski definition) is 6. The quantitative estimate of drug-likeness (QED) is 0.478. The topological polar surface area (TPSA) is 100 Å². The number of furan rings is 1. The zero-order valence-electron chi connectivity index (χ0n) is 19.8. The largest absolute Gasteiger partial charge is 0.464 e. The van der Waals surface area contributed by atoms with Crippen LogP contribution in [0.4, 0.5) is 17.1 Å². The van der Waals surface area contributed by atoms with Crippen LogP contribution < -0.4 is 26.8 Å². The lowest BCUT2D eigenvalue weighted by atomic mass is 9.84. The van der Waals surface area contributed by atoms with Crippen molar-refractivity contribution in [2.75, 3.05) is 10.6 Å². The Bertz CT molecular complexity index is 1360. The maximum absolute atomic E-state index is 12.7. The number of amides is 1. The molecule has 0 saturated carbocycles. The number of rotatable bonds is 5. The predicted molar refractivity (Wildman–Crippen MR) is 126 cm³/mol. The molecule has 1 amide bonds. The molecule has 1 aromatic heterocycles. The fourth-order valence-electron chi connectivity index (χ4n) is 4.01. The average molecular weight is 457 g/mol. The molecule has 0 spiro atoms. The van der Waals surface area contributed by atoms with Gasteiger partial charge in [-0.25, -0.2) is 0 Å². The van der Waals surface area contributed by atoms with Gasteiger partial charge in [0.2, 0.25) is 0 Å². The van der Waals surface area contributed by atoms with Gasteiger partial charge >= 0.3 is 0 Å². The molecular formula is C24H26ClN3O4. The van der Waals surface area contributed by atoms with Gasteiger partial charge in [-0.2, -0.15) is 0 Å².